The van der Waals surface area contributed by atoms with E-state index in [9.17, 15) is 41.4 Å². The summed E-state index contributed by atoms with van der Waals surface area (Å²) in [6.07, 6.45) is -0.222. The van der Waals surface area contributed by atoms with E-state index in [0.29, 0.717) is 18.6 Å². The molecule has 2 aromatic carbocycles. The van der Waals surface area contributed by atoms with Crippen LogP contribution in [-0.2, 0) is 14.6 Å². The number of carbonyl (C=O) groups excluding carboxylic acids is 2. The number of hydrogen-bond acceptors (Lipinski definition) is 6. The van der Waals surface area contributed by atoms with Crippen molar-refractivity contribution in [2.45, 2.75) is 54.5 Å². The summed E-state index contributed by atoms with van der Waals surface area (Å²) in [7, 11) is -4.07. The minimum Gasteiger partial charge on any atom is -0.392 e. The van der Waals surface area contributed by atoms with Gasteiger partial charge in [-0.2, -0.15) is 0 Å². The summed E-state index contributed by atoms with van der Waals surface area (Å²) in [4.78, 5) is 24.5. The molecule has 2 bridgehead atoms. The first-order chi connectivity index (χ1) is 17.7. The van der Waals surface area contributed by atoms with Crippen molar-refractivity contribution >= 4 is 38.9 Å². The molecule has 5 rings (SSSR count). The van der Waals surface area contributed by atoms with Crippen LogP contribution >= 0.6 is 11.6 Å². The third-order valence-corrected chi connectivity index (χ3v) is 9.95. The topological polar surface area (TPSA) is 133 Å². The van der Waals surface area contributed by atoms with Gasteiger partial charge in [-0.1, -0.05) is 11.6 Å². The van der Waals surface area contributed by atoms with E-state index in [2.05, 4.69) is 10.6 Å². The molecule has 2 aromatic rings. The van der Waals surface area contributed by atoms with Crippen LogP contribution in [0, 0.1) is 29.3 Å². The number of hydrogen-bond donors (Lipinski definition) is 4. The van der Waals surface area contributed by atoms with Crippen LogP contribution in [0.3, 0.4) is 0 Å². The number of fused-ring (bicyclic) bond motifs is 2. The summed E-state index contributed by atoms with van der Waals surface area (Å²) >= 11 is 6.18. The van der Waals surface area contributed by atoms with Gasteiger partial charge in [-0.25, -0.2) is 21.6 Å². The van der Waals surface area contributed by atoms with Gasteiger partial charge in [0.1, 0.15) is 0 Å². The van der Waals surface area contributed by atoms with E-state index >= 15 is 0 Å². The monoisotopic (exact) mass is 574 g/mol. The van der Waals surface area contributed by atoms with Gasteiger partial charge in [-0.05, 0) is 56.2 Å². The molecule has 3 aliphatic rings. The highest BCUT2D eigenvalue weighted by molar-refractivity contribution is 7.92. The summed E-state index contributed by atoms with van der Waals surface area (Å²) in [6.45, 7) is 1.55. The number of nitrogens with one attached hydrogen (secondary N) is 2. The van der Waals surface area contributed by atoms with Crippen LogP contribution in [0.1, 0.15) is 43.0 Å². The molecule has 0 aromatic heterocycles. The summed E-state index contributed by atoms with van der Waals surface area (Å²) in [6, 6.07) is 4.67. The van der Waals surface area contributed by atoms with Gasteiger partial charge in [0.05, 0.1) is 33.3 Å². The van der Waals surface area contributed by atoms with Gasteiger partial charge in [0.2, 0.25) is 5.91 Å². The molecular formula is C25H26ClF3N2O6S. The van der Waals surface area contributed by atoms with Gasteiger partial charge in [-0.3, -0.25) is 9.59 Å². The van der Waals surface area contributed by atoms with Crippen molar-refractivity contribution in [3.63, 3.8) is 0 Å². The van der Waals surface area contributed by atoms with Gasteiger partial charge in [0.15, 0.2) is 27.3 Å². The Balaban J connectivity index is 1.49. The molecule has 206 valence electrons. The largest absolute Gasteiger partial charge is 0.392 e. The summed E-state index contributed by atoms with van der Waals surface area (Å²) < 4.78 is 67.2. The van der Waals surface area contributed by atoms with Crippen LogP contribution in [0.2, 0.25) is 5.02 Å². The molecule has 4 N–H and O–H groups in total. The summed E-state index contributed by atoms with van der Waals surface area (Å²) in [5.74, 6) is -6.91. The van der Waals surface area contributed by atoms with Crippen molar-refractivity contribution in [2.75, 3.05) is 11.9 Å². The summed E-state index contributed by atoms with van der Waals surface area (Å²) in [5.41, 5.74) is -1.87. The van der Waals surface area contributed by atoms with Gasteiger partial charge < -0.3 is 20.8 Å². The molecule has 0 radical (unpaired) electrons. The first-order valence-corrected chi connectivity index (χ1v) is 13.8. The van der Waals surface area contributed by atoms with Crippen molar-refractivity contribution in [2.24, 2.45) is 11.8 Å². The van der Waals surface area contributed by atoms with Crippen LogP contribution in [-0.4, -0.2) is 53.9 Å². The van der Waals surface area contributed by atoms with Crippen molar-refractivity contribution in [3.8, 4) is 0 Å². The average Bonchev–Trinajstić information content (AvgIpc) is 2.86. The molecule has 2 unspecified atom stereocenters. The Morgan fingerprint density at radius 1 is 1.11 bits per heavy atom. The smallest absolute Gasteiger partial charge is 0.255 e. The molecule has 0 saturated heterocycles. The Labute approximate surface area is 222 Å². The first-order valence-electron chi connectivity index (χ1n) is 11.9. The quantitative estimate of drug-likeness (QED) is 0.358. The highest BCUT2D eigenvalue weighted by Gasteiger charge is 2.60. The van der Waals surface area contributed by atoms with E-state index < -0.39 is 67.9 Å². The molecule has 0 aliphatic heterocycles. The molecule has 3 saturated carbocycles. The molecule has 3 aliphatic carbocycles. The standard InChI is InChI=1S/C25H26ClF3N2O6S/c1-12(32)11-30-22(33)10-25(35)14-5-15(25)7-17(6-14)38(36,37)21-4-13(2-3-18(21)26)24(34)31-16-8-19(27)23(29)20(28)9-16/h2-4,8-9,12,14-15,17,32,35H,5-7,10-11H2,1H3,(H,30,33)(H,31,34)/t12-,14?,15?,17?,25?/m0/s1. The first kappa shape index (κ1) is 28.3. The third kappa shape index (κ3) is 5.40. The Bertz CT molecular complexity index is 1350. The van der Waals surface area contributed by atoms with Crippen LogP contribution in [0.5, 0.6) is 0 Å². The molecule has 38 heavy (non-hydrogen) atoms. The zero-order valence-corrected chi connectivity index (χ0v) is 21.8. The second-order valence-electron chi connectivity index (χ2n) is 9.94. The Morgan fingerprint density at radius 3 is 2.29 bits per heavy atom. The second-order valence-corrected chi connectivity index (χ2v) is 12.5. The lowest BCUT2D eigenvalue weighted by Gasteiger charge is -2.58. The molecule has 0 heterocycles. The number of aliphatic hydroxyl groups excluding tert-OH is 1. The van der Waals surface area contributed by atoms with E-state index in [-0.39, 0.29) is 47.0 Å². The summed E-state index contributed by atoms with van der Waals surface area (Å²) in [5, 5.41) is 24.1. The lowest BCUT2D eigenvalue weighted by Crippen LogP contribution is -2.63. The molecule has 8 nitrogen and oxygen atoms in total. The SMILES string of the molecule is C[C@H](O)CNC(=O)CC1(O)C2CC1CC(S(=O)(=O)c1cc(C(=O)Nc3cc(F)c(F)c(F)c3)ccc1Cl)C2. The molecule has 3 fully saturated rings. The second kappa shape index (κ2) is 10.5. The maximum absolute atomic E-state index is 13.5. The number of halogens is 4. The number of rotatable bonds is 8. The fourth-order valence-corrected chi connectivity index (χ4v) is 7.65. The molecule has 3 atom stereocenters. The lowest BCUT2D eigenvalue weighted by atomic mass is 9.52. The molecule has 13 heteroatoms. The zero-order valence-electron chi connectivity index (χ0n) is 20.2. The van der Waals surface area contributed by atoms with Crippen LogP contribution in [0.25, 0.3) is 0 Å². The normalized spacial score (nSPS) is 25.3. The van der Waals surface area contributed by atoms with Gasteiger partial charge in [0, 0.05) is 29.9 Å². The fraction of sp³-hybridized carbons (Fsp3) is 0.440. The predicted molar refractivity (Wildman–Crippen MR) is 132 cm³/mol. The van der Waals surface area contributed by atoms with Gasteiger partial charge in [-0.15, -0.1) is 0 Å². The Morgan fingerprint density at radius 2 is 1.71 bits per heavy atom. The number of anilines is 1. The van der Waals surface area contributed by atoms with E-state index in [1.807, 2.05) is 0 Å². The predicted octanol–water partition coefficient (Wildman–Crippen LogP) is 3.20. The van der Waals surface area contributed by atoms with E-state index in [4.69, 9.17) is 11.6 Å². The van der Waals surface area contributed by atoms with Crippen molar-refractivity contribution in [1.82, 2.24) is 5.32 Å². The molecular weight excluding hydrogens is 549 g/mol. The number of amides is 2. The zero-order chi connectivity index (χ0) is 28.0. The van der Waals surface area contributed by atoms with Crippen molar-refractivity contribution in [3.05, 3.63) is 58.4 Å². The van der Waals surface area contributed by atoms with Crippen molar-refractivity contribution in [1.29, 1.82) is 0 Å². The number of carbonyl (C=O) groups is 2. The Kier molecular flexibility index (Phi) is 7.81. The van der Waals surface area contributed by atoms with Gasteiger partial charge in [0.25, 0.3) is 5.91 Å². The highest BCUT2D eigenvalue weighted by atomic mass is 35.5. The number of sulfone groups is 1. The average molecular weight is 575 g/mol. The maximum Gasteiger partial charge on any atom is 0.255 e. The minimum atomic E-state index is -4.07. The minimum absolute atomic E-state index is 0.0364. The highest BCUT2D eigenvalue weighted by Crippen LogP contribution is 2.57. The van der Waals surface area contributed by atoms with Crippen LogP contribution in [0.4, 0.5) is 18.9 Å². The molecule has 2 amide bonds. The number of aliphatic hydroxyl groups is 2. The third-order valence-electron chi connectivity index (χ3n) is 7.30. The van der Waals surface area contributed by atoms with Gasteiger partial charge >= 0.3 is 0 Å². The maximum atomic E-state index is 13.5. The lowest BCUT2D eigenvalue weighted by molar-refractivity contribution is -0.183. The van der Waals surface area contributed by atoms with Crippen LogP contribution < -0.4 is 10.6 Å². The Hall–Kier alpha value is -2.67. The van der Waals surface area contributed by atoms with E-state index in [1.54, 1.807) is 0 Å². The van der Waals surface area contributed by atoms with Crippen molar-refractivity contribution < 1.29 is 41.4 Å². The van der Waals surface area contributed by atoms with E-state index in [1.165, 1.54) is 19.1 Å². The molecule has 0 spiro atoms. The number of benzene rings is 2. The fourth-order valence-electron chi connectivity index (χ4n) is 5.25. The van der Waals surface area contributed by atoms with Crippen LogP contribution in [0.15, 0.2) is 35.2 Å². The van der Waals surface area contributed by atoms with E-state index in [0.717, 1.165) is 6.07 Å².